The van der Waals surface area contributed by atoms with E-state index in [1.165, 1.54) is 0 Å². The van der Waals surface area contributed by atoms with Gasteiger partial charge in [-0.25, -0.2) is 0 Å². The van der Waals surface area contributed by atoms with Gasteiger partial charge in [0.05, 0.1) is 12.1 Å². The van der Waals surface area contributed by atoms with Gasteiger partial charge in [0.15, 0.2) is 5.76 Å². The molecule has 2 aromatic carbocycles. The number of rotatable bonds is 4. The van der Waals surface area contributed by atoms with E-state index in [4.69, 9.17) is 32.4 Å². The summed E-state index contributed by atoms with van der Waals surface area (Å²) >= 11 is 12.0. The molecule has 122 valence electrons. The van der Waals surface area contributed by atoms with Crippen LogP contribution in [0.2, 0.25) is 10.0 Å². The molecule has 0 radical (unpaired) electrons. The maximum atomic E-state index is 12.3. The molecular formula is C18H13Cl2NO3. The van der Waals surface area contributed by atoms with E-state index in [0.717, 1.165) is 0 Å². The van der Waals surface area contributed by atoms with Gasteiger partial charge in [0.1, 0.15) is 11.5 Å². The van der Waals surface area contributed by atoms with Crippen molar-refractivity contribution in [1.29, 1.82) is 0 Å². The number of anilines is 1. The fraction of sp³-hybridized carbons (Fsp3) is 0.0556. The van der Waals surface area contributed by atoms with Gasteiger partial charge in [-0.05, 0) is 54.6 Å². The molecule has 6 heteroatoms. The SMILES string of the molecule is COc1ccc(NC(=O)c2ccc(-c3ccc(Cl)cc3Cl)o2)cc1. The van der Waals surface area contributed by atoms with Gasteiger partial charge in [-0.2, -0.15) is 0 Å². The minimum atomic E-state index is -0.350. The highest BCUT2D eigenvalue weighted by Gasteiger charge is 2.14. The minimum absolute atomic E-state index is 0.187. The van der Waals surface area contributed by atoms with Crippen molar-refractivity contribution in [2.75, 3.05) is 12.4 Å². The first-order valence-electron chi connectivity index (χ1n) is 7.07. The summed E-state index contributed by atoms with van der Waals surface area (Å²) in [5, 5.41) is 3.75. The number of ether oxygens (including phenoxy) is 1. The Morgan fingerprint density at radius 3 is 2.46 bits per heavy atom. The summed E-state index contributed by atoms with van der Waals surface area (Å²) in [6.07, 6.45) is 0. The summed E-state index contributed by atoms with van der Waals surface area (Å²) in [5.74, 6) is 1.05. The van der Waals surface area contributed by atoms with E-state index in [2.05, 4.69) is 5.32 Å². The van der Waals surface area contributed by atoms with Crippen LogP contribution in [0, 0.1) is 0 Å². The van der Waals surface area contributed by atoms with Crippen molar-refractivity contribution in [2.24, 2.45) is 0 Å². The lowest BCUT2D eigenvalue weighted by Gasteiger charge is -2.05. The zero-order valence-corrected chi connectivity index (χ0v) is 14.2. The van der Waals surface area contributed by atoms with Gasteiger partial charge in [0.25, 0.3) is 5.91 Å². The summed E-state index contributed by atoms with van der Waals surface area (Å²) in [5.41, 5.74) is 1.31. The van der Waals surface area contributed by atoms with E-state index >= 15 is 0 Å². The largest absolute Gasteiger partial charge is 0.497 e. The Bertz CT molecular complexity index is 872. The fourth-order valence-corrected chi connectivity index (χ4v) is 2.66. The molecule has 0 aliphatic carbocycles. The minimum Gasteiger partial charge on any atom is -0.497 e. The van der Waals surface area contributed by atoms with Crippen molar-refractivity contribution in [1.82, 2.24) is 0 Å². The maximum Gasteiger partial charge on any atom is 0.291 e. The molecule has 1 heterocycles. The molecule has 24 heavy (non-hydrogen) atoms. The maximum absolute atomic E-state index is 12.3. The van der Waals surface area contributed by atoms with Crippen molar-refractivity contribution < 1.29 is 13.9 Å². The molecule has 0 aliphatic heterocycles. The van der Waals surface area contributed by atoms with Gasteiger partial charge >= 0.3 is 0 Å². The van der Waals surface area contributed by atoms with Crippen LogP contribution in [0.4, 0.5) is 5.69 Å². The first-order valence-corrected chi connectivity index (χ1v) is 7.83. The van der Waals surface area contributed by atoms with Crippen LogP contribution < -0.4 is 10.1 Å². The van der Waals surface area contributed by atoms with Crippen LogP contribution in [0.1, 0.15) is 10.6 Å². The van der Waals surface area contributed by atoms with Crippen molar-refractivity contribution in [3.8, 4) is 17.1 Å². The van der Waals surface area contributed by atoms with Crippen LogP contribution in [0.3, 0.4) is 0 Å². The second-order valence-electron chi connectivity index (χ2n) is 4.97. The van der Waals surface area contributed by atoms with E-state index in [9.17, 15) is 4.79 Å². The van der Waals surface area contributed by atoms with Crippen LogP contribution in [0.5, 0.6) is 5.75 Å². The van der Waals surface area contributed by atoms with Crippen molar-refractivity contribution in [3.05, 3.63) is 70.4 Å². The number of carbonyl (C=O) groups is 1. The average molecular weight is 362 g/mol. The molecule has 0 unspecified atom stereocenters. The second kappa shape index (κ2) is 6.99. The molecule has 4 nitrogen and oxygen atoms in total. The van der Waals surface area contributed by atoms with Gasteiger partial charge < -0.3 is 14.5 Å². The van der Waals surface area contributed by atoms with Crippen LogP contribution in [-0.2, 0) is 0 Å². The Morgan fingerprint density at radius 1 is 1.04 bits per heavy atom. The third-order valence-electron chi connectivity index (χ3n) is 3.37. The third-order valence-corrected chi connectivity index (χ3v) is 3.92. The highest BCUT2D eigenvalue weighted by molar-refractivity contribution is 6.36. The lowest BCUT2D eigenvalue weighted by Crippen LogP contribution is -2.10. The first kappa shape index (κ1) is 16.4. The smallest absolute Gasteiger partial charge is 0.291 e. The van der Waals surface area contributed by atoms with Gasteiger partial charge in [-0.15, -0.1) is 0 Å². The Balaban J connectivity index is 1.78. The molecule has 3 aromatic rings. The number of benzene rings is 2. The predicted octanol–water partition coefficient (Wildman–Crippen LogP) is 5.51. The average Bonchev–Trinajstić information content (AvgIpc) is 3.05. The highest BCUT2D eigenvalue weighted by atomic mass is 35.5. The zero-order chi connectivity index (χ0) is 17.1. The lowest BCUT2D eigenvalue weighted by atomic mass is 10.2. The molecule has 3 rings (SSSR count). The number of methoxy groups -OCH3 is 1. The number of hydrogen-bond donors (Lipinski definition) is 1. The first-order chi connectivity index (χ1) is 11.6. The van der Waals surface area contributed by atoms with E-state index in [1.54, 1.807) is 61.7 Å². The van der Waals surface area contributed by atoms with Gasteiger partial charge in [0, 0.05) is 16.3 Å². The molecule has 0 spiro atoms. The Morgan fingerprint density at radius 2 is 1.79 bits per heavy atom. The molecule has 0 saturated carbocycles. The van der Waals surface area contributed by atoms with Crippen LogP contribution in [0.15, 0.2) is 59.0 Å². The standard InChI is InChI=1S/C18H13Cl2NO3/c1-23-13-5-3-12(4-6-13)21-18(22)17-9-8-16(24-17)14-7-2-11(19)10-15(14)20/h2-10H,1H3,(H,21,22). The topological polar surface area (TPSA) is 51.5 Å². The zero-order valence-electron chi connectivity index (χ0n) is 12.7. The Hall–Kier alpha value is -2.43. The number of hydrogen-bond acceptors (Lipinski definition) is 3. The summed E-state index contributed by atoms with van der Waals surface area (Å²) in [4.78, 5) is 12.3. The van der Waals surface area contributed by atoms with Crippen molar-refractivity contribution in [2.45, 2.75) is 0 Å². The van der Waals surface area contributed by atoms with Crippen molar-refractivity contribution in [3.63, 3.8) is 0 Å². The molecule has 1 aromatic heterocycles. The van der Waals surface area contributed by atoms with Crippen LogP contribution in [-0.4, -0.2) is 13.0 Å². The van der Waals surface area contributed by atoms with Crippen LogP contribution in [0.25, 0.3) is 11.3 Å². The number of nitrogens with one attached hydrogen (secondary N) is 1. The Labute approximate surface area is 149 Å². The number of halogens is 2. The van der Waals surface area contributed by atoms with E-state index in [1.807, 2.05) is 0 Å². The molecule has 1 amide bonds. The number of carbonyl (C=O) groups excluding carboxylic acids is 1. The molecule has 0 fully saturated rings. The third kappa shape index (κ3) is 3.55. The van der Waals surface area contributed by atoms with Gasteiger partial charge in [-0.3, -0.25) is 4.79 Å². The molecule has 0 bridgehead atoms. The lowest BCUT2D eigenvalue weighted by molar-refractivity contribution is 0.0997. The van der Waals surface area contributed by atoms with Gasteiger partial charge in [-0.1, -0.05) is 23.2 Å². The van der Waals surface area contributed by atoms with E-state index in [0.29, 0.717) is 32.8 Å². The quantitative estimate of drug-likeness (QED) is 0.665. The molecule has 0 atom stereocenters. The Kier molecular flexibility index (Phi) is 4.79. The highest BCUT2D eigenvalue weighted by Crippen LogP contribution is 2.31. The summed E-state index contributed by atoms with van der Waals surface area (Å²) in [7, 11) is 1.58. The van der Waals surface area contributed by atoms with Crippen LogP contribution >= 0.6 is 23.2 Å². The van der Waals surface area contributed by atoms with Crippen molar-refractivity contribution >= 4 is 34.8 Å². The monoisotopic (exact) mass is 361 g/mol. The number of amides is 1. The summed E-state index contributed by atoms with van der Waals surface area (Å²) in [6, 6.07) is 15.4. The molecule has 0 saturated heterocycles. The van der Waals surface area contributed by atoms with E-state index in [-0.39, 0.29) is 11.7 Å². The fourth-order valence-electron chi connectivity index (χ4n) is 2.16. The molecule has 0 aliphatic rings. The second-order valence-corrected chi connectivity index (χ2v) is 5.81. The normalized spacial score (nSPS) is 10.5. The summed E-state index contributed by atoms with van der Waals surface area (Å²) in [6.45, 7) is 0. The molecular weight excluding hydrogens is 349 g/mol. The number of furan rings is 1. The summed E-state index contributed by atoms with van der Waals surface area (Å²) < 4.78 is 10.7. The molecule has 1 N–H and O–H groups in total. The predicted molar refractivity (Wildman–Crippen MR) is 95.1 cm³/mol. The van der Waals surface area contributed by atoms with E-state index < -0.39 is 0 Å². The van der Waals surface area contributed by atoms with Gasteiger partial charge in [0.2, 0.25) is 0 Å².